The minimum atomic E-state index is -0.230. The zero-order chi connectivity index (χ0) is 8.43. The maximum absolute atomic E-state index is 11.1. The van der Waals surface area contributed by atoms with E-state index >= 15 is 0 Å². The van der Waals surface area contributed by atoms with Crippen molar-refractivity contribution in [3.05, 3.63) is 16.8 Å². The number of hydrogen-bond acceptors (Lipinski definition) is 3. The van der Waals surface area contributed by atoms with Gasteiger partial charge >= 0.3 is 5.69 Å². The molecule has 0 spiro atoms. The van der Waals surface area contributed by atoms with Crippen LogP contribution in [0.2, 0.25) is 0 Å². The van der Waals surface area contributed by atoms with Gasteiger partial charge < -0.3 is 0 Å². The number of aryl methyl sites for hydroxylation is 1. The molecule has 5 heteroatoms. The summed E-state index contributed by atoms with van der Waals surface area (Å²) in [7, 11) is 1.58. The molecule has 5 nitrogen and oxygen atoms in total. The summed E-state index contributed by atoms with van der Waals surface area (Å²) in [5.41, 5.74) is 0.589. The monoisotopic (exact) mass is 154 g/mol. The van der Waals surface area contributed by atoms with Gasteiger partial charge in [-0.3, -0.25) is 0 Å². The molecule has 0 saturated carbocycles. The van der Waals surface area contributed by atoms with Crippen molar-refractivity contribution in [1.29, 1.82) is 0 Å². The molecule has 0 aliphatic carbocycles. The molecular weight excluding hydrogens is 144 g/mol. The Morgan fingerprint density at radius 3 is 2.64 bits per heavy atom. The highest BCUT2D eigenvalue weighted by molar-refractivity contribution is 5.78. The molecule has 1 aromatic rings. The van der Waals surface area contributed by atoms with E-state index in [1.807, 2.05) is 13.8 Å². The minimum Gasteiger partial charge on any atom is -0.244 e. The lowest BCUT2D eigenvalue weighted by Gasteiger charge is -1.88. The molecule has 0 atom stereocenters. The Labute approximate surface area is 64.0 Å². The Morgan fingerprint density at radius 1 is 1.64 bits per heavy atom. The average Bonchev–Trinajstić information content (AvgIpc) is 2.18. The largest absolute Gasteiger partial charge is 0.366 e. The van der Waals surface area contributed by atoms with E-state index in [-0.39, 0.29) is 5.69 Å². The van der Waals surface area contributed by atoms with Crippen LogP contribution in [0.25, 0.3) is 0 Å². The predicted molar refractivity (Wildman–Crippen MR) is 41.6 cm³/mol. The van der Waals surface area contributed by atoms with Gasteiger partial charge in [-0.25, -0.2) is 9.48 Å². The Bertz CT molecular complexity index is 329. The first-order valence-electron chi connectivity index (χ1n) is 3.24. The second-order valence-corrected chi connectivity index (χ2v) is 2.43. The van der Waals surface area contributed by atoms with Gasteiger partial charge in [0.2, 0.25) is 0 Å². The Balaban J connectivity index is 3.16. The van der Waals surface area contributed by atoms with Crippen LogP contribution in [0.1, 0.15) is 13.8 Å². The Hall–Kier alpha value is -1.39. The maximum Gasteiger partial charge on any atom is 0.366 e. The van der Waals surface area contributed by atoms with Gasteiger partial charge in [0.05, 0.1) is 0 Å². The van der Waals surface area contributed by atoms with Crippen molar-refractivity contribution < 1.29 is 0 Å². The van der Waals surface area contributed by atoms with E-state index in [4.69, 9.17) is 0 Å². The van der Waals surface area contributed by atoms with E-state index in [0.717, 1.165) is 5.71 Å². The third kappa shape index (κ3) is 1.54. The van der Waals surface area contributed by atoms with Gasteiger partial charge in [0, 0.05) is 12.8 Å². The summed E-state index contributed by atoms with van der Waals surface area (Å²) in [6, 6.07) is 0. The van der Waals surface area contributed by atoms with Crippen LogP contribution in [0.5, 0.6) is 0 Å². The maximum atomic E-state index is 11.1. The third-order valence-electron chi connectivity index (χ3n) is 1.11. The molecule has 0 radical (unpaired) electrons. The van der Waals surface area contributed by atoms with Crippen LogP contribution in [-0.2, 0) is 7.05 Å². The molecule has 11 heavy (non-hydrogen) atoms. The zero-order valence-corrected chi connectivity index (χ0v) is 6.77. The molecule has 0 aliphatic rings. The van der Waals surface area contributed by atoms with Crippen molar-refractivity contribution in [3.63, 3.8) is 0 Å². The van der Waals surface area contributed by atoms with E-state index in [2.05, 4.69) is 10.2 Å². The SMILES string of the molecule is CC(C)=Nn1cnn(C)c1=O. The average molecular weight is 154 g/mol. The summed E-state index contributed by atoms with van der Waals surface area (Å²) in [6.45, 7) is 3.64. The quantitative estimate of drug-likeness (QED) is 0.527. The molecule has 0 saturated heterocycles. The summed E-state index contributed by atoms with van der Waals surface area (Å²) in [6.07, 6.45) is 1.38. The predicted octanol–water partition coefficient (Wildman–Crippen LogP) is -0.174. The number of nitrogens with zero attached hydrogens (tertiary/aromatic N) is 4. The molecule has 1 aromatic heterocycles. The van der Waals surface area contributed by atoms with Crippen LogP contribution in [0.3, 0.4) is 0 Å². The summed E-state index contributed by atoms with van der Waals surface area (Å²) in [4.78, 5) is 11.1. The van der Waals surface area contributed by atoms with Gasteiger partial charge in [-0.1, -0.05) is 0 Å². The number of aromatic nitrogens is 3. The molecule has 60 valence electrons. The molecule has 0 aliphatic heterocycles. The second-order valence-electron chi connectivity index (χ2n) is 2.43. The van der Waals surface area contributed by atoms with E-state index in [1.165, 1.54) is 15.7 Å². The summed E-state index contributed by atoms with van der Waals surface area (Å²) < 4.78 is 2.43. The molecule has 0 bridgehead atoms. The minimum absolute atomic E-state index is 0.230. The standard InChI is InChI=1S/C6H10N4O/c1-5(2)8-10-4-7-9(3)6(10)11/h4H,1-3H3. The van der Waals surface area contributed by atoms with E-state index in [9.17, 15) is 4.79 Å². The molecule has 1 heterocycles. The van der Waals surface area contributed by atoms with Crippen molar-refractivity contribution in [2.24, 2.45) is 12.1 Å². The van der Waals surface area contributed by atoms with Gasteiger partial charge in [0.1, 0.15) is 6.33 Å². The molecule has 0 fully saturated rings. The summed E-state index contributed by atoms with van der Waals surface area (Å²) in [5.74, 6) is 0. The van der Waals surface area contributed by atoms with E-state index in [1.54, 1.807) is 7.05 Å². The first kappa shape index (κ1) is 7.71. The zero-order valence-electron chi connectivity index (χ0n) is 6.77. The molecule has 1 rings (SSSR count). The van der Waals surface area contributed by atoms with Crippen LogP contribution in [0.4, 0.5) is 0 Å². The topological polar surface area (TPSA) is 52.2 Å². The van der Waals surface area contributed by atoms with Crippen LogP contribution < -0.4 is 5.69 Å². The van der Waals surface area contributed by atoms with E-state index < -0.39 is 0 Å². The highest BCUT2D eigenvalue weighted by Gasteiger charge is 1.96. The van der Waals surface area contributed by atoms with Gasteiger partial charge in [0.15, 0.2) is 0 Å². The second kappa shape index (κ2) is 2.69. The van der Waals surface area contributed by atoms with E-state index in [0.29, 0.717) is 0 Å². The highest BCUT2D eigenvalue weighted by Crippen LogP contribution is 1.78. The number of rotatable bonds is 1. The first-order valence-corrected chi connectivity index (χ1v) is 3.24. The highest BCUT2D eigenvalue weighted by atomic mass is 16.2. The van der Waals surface area contributed by atoms with Crippen molar-refractivity contribution in [1.82, 2.24) is 14.5 Å². The van der Waals surface area contributed by atoms with Crippen molar-refractivity contribution in [2.45, 2.75) is 13.8 Å². The van der Waals surface area contributed by atoms with Gasteiger partial charge in [-0.05, 0) is 13.8 Å². The Kier molecular flexibility index (Phi) is 1.89. The van der Waals surface area contributed by atoms with Crippen LogP contribution in [0, 0.1) is 0 Å². The fourth-order valence-corrected chi connectivity index (χ4v) is 0.657. The summed E-state index contributed by atoms with van der Waals surface area (Å²) >= 11 is 0. The van der Waals surface area contributed by atoms with Gasteiger partial charge in [0.25, 0.3) is 0 Å². The first-order chi connectivity index (χ1) is 5.11. The smallest absolute Gasteiger partial charge is 0.244 e. The third-order valence-corrected chi connectivity index (χ3v) is 1.11. The lowest BCUT2D eigenvalue weighted by atomic mass is 10.5. The van der Waals surface area contributed by atoms with Crippen LogP contribution >= 0.6 is 0 Å². The molecular formula is C6H10N4O. The molecule has 0 amide bonds. The Morgan fingerprint density at radius 2 is 2.27 bits per heavy atom. The van der Waals surface area contributed by atoms with Crippen molar-refractivity contribution in [3.8, 4) is 0 Å². The van der Waals surface area contributed by atoms with Crippen molar-refractivity contribution >= 4 is 5.71 Å². The fourth-order valence-electron chi connectivity index (χ4n) is 0.657. The lowest BCUT2D eigenvalue weighted by Crippen LogP contribution is -2.20. The number of hydrogen-bond donors (Lipinski definition) is 0. The molecule has 0 aromatic carbocycles. The van der Waals surface area contributed by atoms with Crippen LogP contribution in [0.15, 0.2) is 16.2 Å². The fraction of sp³-hybridized carbons (Fsp3) is 0.500. The lowest BCUT2D eigenvalue weighted by molar-refractivity contribution is 0.708. The van der Waals surface area contributed by atoms with Crippen molar-refractivity contribution in [2.75, 3.05) is 0 Å². The molecule has 0 unspecified atom stereocenters. The summed E-state index contributed by atoms with van der Waals surface area (Å²) in [5, 5.41) is 7.65. The van der Waals surface area contributed by atoms with Gasteiger partial charge in [-0.2, -0.15) is 14.9 Å². The molecule has 0 N–H and O–H groups in total. The van der Waals surface area contributed by atoms with Gasteiger partial charge in [-0.15, -0.1) is 0 Å². The van der Waals surface area contributed by atoms with Crippen LogP contribution in [-0.4, -0.2) is 20.2 Å². The normalized spacial score (nSPS) is 9.73.